The van der Waals surface area contributed by atoms with Crippen molar-refractivity contribution in [2.75, 3.05) is 14.1 Å². The van der Waals surface area contributed by atoms with E-state index in [1.54, 1.807) is 0 Å². The van der Waals surface area contributed by atoms with Crippen molar-refractivity contribution in [1.82, 2.24) is 4.90 Å². The molecular formula is C11H14NOV-. The maximum atomic E-state index is 10.6. The van der Waals surface area contributed by atoms with Gasteiger partial charge in [-0.2, -0.15) is 0 Å². The predicted molar refractivity (Wildman–Crippen MR) is 53.3 cm³/mol. The van der Waals surface area contributed by atoms with E-state index in [1.165, 1.54) is 5.56 Å². The van der Waals surface area contributed by atoms with Crippen molar-refractivity contribution in [3.63, 3.8) is 0 Å². The summed E-state index contributed by atoms with van der Waals surface area (Å²) in [5.74, 6) is 0. The molecule has 75 valence electrons. The van der Waals surface area contributed by atoms with E-state index < -0.39 is 0 Å². The molecule has 0 unspecified atom stereocenters. The fourth-order valence-corrected chi connectivity index (χ4v) is 1.17. The zero-order valence-electron chi connectivity index (χ0n) is 8.47. The van der Waals surface area contributed by atoms with Crippen molar-refractivity contribution in [2.45, 2.75) is 12.5 Å². The quantitative estimate of drug-likeness (QED) is 0.722. The first kappa shape index (κ1) is 13.4. The van der Waals surface area contributed by atoms with Gasteiger partial charge in [0.1, 0.15) is 0 Å². The Kier molecular flexibility index (Phi) is 6.55. The zero-order chi connectivity index (χ0) is 9.68. The third-order valence-corrected chi connectivity index (χ3v) is 2.03. The first-order valence-electron chi connectivity index (χ1n) is 4.32. The normalized spacial score (nSPS) is 11.9. The number of nitrogens with zero attached hydrogens (tertiary/aromatic N) is 1. The van der Waals surface area contributed by atoms with Gasteiger partial charge in [0, 0.05) is 18.6 Å². The topological polar surface area (TPSA) is 20.3 Å². The molecule has 14 heavy (non-hydrogen) atoms. The monoisotopic (exact) mass is 227 g/mol. The minimum absolute atomic E-state index is 0. The van der Waals surface area contributed by atoms with Gasteiger partial charge in [0.2, 0.25) is 0 Å². The van der Waals surface area contributed by atoms with Crippen LogP contribution in [0.15, 0.2) is 30.3 Å². The molecule has 1 radical (unpaired) electrons. The smallest absolute Gasteiger partial charge is 0 e. The molecule has 1 aromatic rings. The van der Waals surface area contributed by atoms with Crippen LogP contribution in [0.4, 0.5) is 0 Å². The molecule has 0 saturated carbocycles. The van der Waals surface area contributed by atoms with E-state index >= 15 is 0 Å². The standard InChI is InChI=1S/C11H14NO.V/c1-12(2)11(9-13)8-10-6-4-3-5-7-10;/h3-7,11H,8H2,1-2H3;/q-1;/t11-;/m0./s1. The van der Waals surface area contributed by atoms with E-state index in [2.05, 4.69) is 0 Å². The predicted octanol–water partition coefficient (Wildman–Crippen LogP) is 1.27. The summed E-state index contributed by atoms with van der Waals surface area (Å²) < 4.78 is 0. The molecule has 0 heterocycles. The van der Waals surface area contributed by atoms with E-state index in [0.717, 1.165) is 6.42 Å². The summed E-state index contributed by atoms with van der Waals surface area (Å²) in [5, 5.41) is 0. The number of hydrogen-bond acceptors (Lipinski definition) is 2. The van der Waals surface area contributed by atoms with E-state index in [9.17, 15) is 4.79 Å². The average Bonchev–Trinajstić information content (AvgIpc) is 2.15. The van der Waals surface area contributed by atoms with Crippen molar-refractivity contribution < 1.29 is 23.4 Å². The Hall–Kier alpha value is -0.566. The van der Waals surface area contributed by atoms with Gasteiger partial charge in [-0.05, 0) is 26.1 Å². The number of rotatable bonds is 4. The third-order valence-electron chi connectivity index (χ3n) is 2.03. The summed E-state index contributed by atoms with van der Waals surface area (Å²) in [6, 6.07) is 9.84. The number of likely N-dealkylation sites (N-methyl/N-ethyl adjacent to an activating group) is 1. The number of hydrogen-bond donors (Lipinski definition) is 0. The minimum Gasteiger partial charge on any atom is -0.540 e. The fraction of sp³-hybridized carbons (Fsp3) is 0.364. The van der Waals surface area contributed by atoms with E-state index in [-0.39, 0.29) is 24.6 Å². The first-order chi connectivity index (χ1) is 6.24. The summed E-state index contributed by atoms with van der Waals surface area (Å²) in [6.07, 6.45) is 2.76. The van der Waals surface area contributed by atoms with Crippen LogP contribution >= 0.6 is 0 Å². The van der Waals surface area contributed by atoms with Gasteiger partial charge in [-0.3, -0.25) is 0 Å². The van der Waals surface area contributed by atoms with E-state index in [1.807, 2.05) is 55.6 Å². The van der Waals surface area contributed by atoms with Gasteiger partial charge in [0.05, 0.1) is 0 Å². The molecule has 1 rings (SSSR count). The van der Waals surface area contributed by atoms with Gasteiger partial charge in [-0.25, -0.2) is 6.29 Å². The second-order valence-electron chi connectivity index (χ2n) is 3.29. The molecule has 2 nitrogen and oxygen atoms in total. The van der Waals surface area contributed by atoms with Gasteiger partial charge in [0.25, 0.3) is 0 Å². The van der Waals surface area contributed by atoms with Crippen LogP contribution in [0, 0.1) is 0 Å². The summed E-state index contributed by atoms with van der Waals surface area (Å²) in [5.41, 5.74) is 1.17. The molecule has 1 aromatic carbocycles. The van der Waals surface area contributed by atoms with Crippen molar-refractivity contribution in [3.8, 4) is 0 Å². The van der Waals surface area contributed by atoms with Gasteiger partial charge in [-0.15, -0.1) is 0 Å². The number of benzene rings is 1. The SMILES string of the molecule is CN(C)[C@H]([C-]=O)Cc1ccccc1.[V]. The molecule has 0 amide bonds. The Labute approximate surface area is 97.2 Å². The van der Waals surface area contributed by atoms with Crippen LogP contribution in [0.1, 0.15) is 5.56 Å². The van der Waals surface area contributed by atoms with Crippen LogP contribution in [0.25, 0.3) is 0 Å². The maximum Gasteiger partial charge on any atom is 0 e. The molecule has 0 N–H and O–H groups in total. The number of carbonyl (C=O) groups excluding carboxylic acids is 1. The van der Waals surface area contributed by atoms with E-state index in [4.69, 9.17) is 0 Å². The minimum atomic E-state index is -0.137. The van der Waals surface area contributed by atoms with Crippen molar-refractivity contribution in [1.29, 1.82) is 0 Å². The van der Waals surface area contributed by atoms with Crippen LogP contribution in [0.3, 0.4) is 0 Å². The molecule has 0 spiro atoms. The van der Waals surface area contributed by atoms with Crippen LogP contribution in [0.2, 0.25) is 0 Å². The molecular weight excluding hydrogens is 213 g/mol. The summed E-state index contributed by atoms with van der Waals surface area (Å²) in [4.78, 5) is 12.5. The summed E-state index contributed by atoms with van der Waals surface area (Å²) in [6.45, 7) is 0. The largest absolute Gasteiger partial charge is 0.540 e. The first-order valence-corrected chi connectivity index (χ1v) is 4.32. The molecule has 0 aliphatic heterocycles. The molecule has 3 heteroatoms. The van der Waals surface area contributed by atoms with Gasteiger partial charge < -0.3 is 9.69 Å². The summed E-state index contributed by atoms with van der Waals surface area (Å²) >= 11 is 0. The maximum absolute atomic E-state index is 10.6. The molecule has 1 atom stereocenters. The third kappa shape index (κ3) is 4.10. The van der Waals surface area contributed by atoms with Crippen LogP contribution in [-0.4, -0.2) is 31.3 Å². The Morgan fingerprint density at radius 2 is 1.86 bits per heavy atom. The molecule has 0 aromatic heterocycles. The molecule has 0 aliphatic rings. The van der Waals surface area contributed by atoms with Gasteiger partial charge in [-0.1, -0.05) is 36.4 Å². The Bertz CT molecular complexity index is 261. The van der Waals surface area contributed by atoms with E-state index in [0.29, 0.717) is 0 Å². The second-order valence-corrected chi connectivity index (χ2v) is 3.29. The average molecular weight is 227 g/mol. The summed E-state index contributed by atoms with van der Waals surface area (Å²) in [7, 11) is 3.77. The molecule has 0 aliphatic carbocycles. The van der Waals surface area contributed by atoms with Crippen LogP contribution < -0.4 is 0 Å². The van der Waals surface area contributed by atoms with Gasteiger partial charge >= 0.3 is 0 Å². The molecule has 0 bridgehead atoms. The van der Waals surface area contributed by atoms with Crippen molar-refractivity contribution in [3.05, 3.63) is 35.9 Å². The fourth-order valence-electron chi connectivity index (χ4n) is 1.17. The Morgan fingerprint density at radius 3 is 2.29 bits per heavy atom. The molecule has 0 fully saturated rings. The van der Waals surface area contributed by atoms with Gasteiger partial charge in [0.15, 0.2) is 0 Å². The van der Waals surface area contributed by atoms with Crippen molar-refractivity contribution in [2.24, 2.45) is 0 Å². The Morgan fingerprint density at radius 1 is 1.29 bits per heavy atom. The van der Waals surface area contributed by atoms with Crippen molar-refractivity contribution >= 4 is 6.29 Å². The molecule has 0 saturated heterocycles. The van der Waals surface area contributed by atoms with Crippen LogP contribution in [-0.2, 0) is 29.8 Å². The zero-order valence-corrected chi connectivity index (χ0v) is 9.87. The Balaban J connectivity index is 0.00000169. The van der Waals surface area contributed by atoms with Crippen LogP contribution in [0.5, 0.6) is 0 Å². The second kappa shape index (κ2) is 6.82.